The third-order valence-electron chi connectivity index (χ3n) is 5.79. The van der Waals surface area contributed by atoms with Crippen LogP contribution in [0.15, 0.2) is 63.2 Å². The number of phenols is 1. The number of aromatic hydroxyl groups is 1. The van der Waals surface area contributed by atoms with Gasteiger partial charge in [-0.05, 0) is 43.7 Å². The first-order chi connectivity index (χ1) is 17.2. The van der Waals surface area contributed by atoms with Crippen molar-refractivity contribution in [2.24, 2.45) is 19.2 Å². The van der Waals surface area contributed by atoms with Gasteiger partial charge in [0.15, 0.2) is 11.2 Å². The molecule has 1 atom stereocenters. The maximum atomic E-state index is 13.0. The van der Waals surface area contributed by atoms with Gasteiger partial charge in [-0.15, -0.1) is 0 Å². The van der Waals surface area contributed by atoms with Gasteiger partial charge in [0.05, 0.1) is 12.3 Å². The summed E-state index contributed by atoms with van der Waals surface area (Å²) in [5.74, 6) is 0.825. The van der Waals surface area contributed by atoms with Gasteiger partial charge < -0.3 is 19.5 Å². The number of nitrogens with zero attached hydrogens (tertiary/aromatic N) is 5. The van der Waals surface area contributed by atoms with Gasteiger partial charge in [0.25, 0.3) is 5.56 Å². The third-order valence-corrected chi connectivity index (χ3v) is 5.79. The Morgan fingerprint density at radius 2 is 1.89 bits per heavy atom. The Hall–Kier alpha value is -4.38. The Labute approximate surface area is 206 Å². The number of anilines is 1. The summed E-state index contributed by atoms with van der Waals surface area (Å²) in [6.07, 6.45) is -1.01. The number of nitrogens with one attached hydrogen (secondary N) is 1. The number of rotatable bonds is 8. The number of ether oxygens (including phenoxy) is 1. The number of hydrogen-bond acceptors (Lipinski definition) is 8. The monoisotopic (exact) mass is 492 g/mol. The first kappa shape index (κ1) is 24.7. The summed E-state index contributed by atoms with van der Waals surface area (Å²) in [5, 5.41) is 25.2. The number of aliphatic hydroxyl groups is 1. The van der Waals surface area contributed by atoms with E-state index in [2.05, 4.69) is 15.5 Å². The zero-order valence-electron chi connectivity index (χ0n) is 20.5. The maximum Gasteiger partial charge on any atom is 0.332 e. The van der Waals surface area contributed by atoms with E-state index in [1.54, 1.807) is 37.3 Å². The van der Waals surface area contributed by atoms with Crippen molar-refractivity contribution < 1.29 is 14.9 Å². The van der Waals surface area contributed by atoms with Crippen LogP contribution in [-0.4, -0.2) is 47.3 Å². The molecule has 2 aromatic carbocycles. The van der Waals surface area contributed by atoms with E-state index in [0.29, 0.717) is 17.0 Å². The minimum atomic E-state index is -1.01. The van der Waals surface area contributed by atoms with Crippen molar-refractivity contribution in [2.45, 2.75) is 26.5 Å². The predicted octanol–water partition coefficient (Wildman–Crippen LogP) is 1.72. The third kappa shape index (κ3) is 4.86. The molecular formula is C25H28N6O5. The second kappa shape index (κ2) is 10.1. The number of benzene rings is 2. The topological polar surface area (TPSA) is 136 Å². The van der Waals surface area contributed by atoms with E-state index >= 15 is 0 Å². The maximum absolute atomic E-state index is 13.0. The minimum absolute atomic E-state index is 0.0329. The van der Waals surface area contributed by atoms with Crippen molar-refractivity contribution in [3.05, 3.63) is 80.5 Å². The van der Waals surface area contributed by atoms with Gasteiger partial charge >= 0.3 is 5.69 Å². The van der Waals surface area contributed by atoms with Gasteiger partial charge in [-0.3, -0.25) is 13.9 Å². The molecule has 11 heteroatoms. The molecule has 0 aliphatic rings. The molecule has 0 bridgehead atoms. The second-order valence-electron chi connectivity index (χ2n) is 8.53. The Balaban J connectivity index is 1.70. The van der Waals surface area contributed by atoms with Gasteiger partial charge in [-0.1, -0.05) is 24.3 Å². The quantitative estimate of drug-likeness (QED) is 0.252. The van der Waals surface area contributed by atoms with Crippen molar-refractivity contribution in [1.82, 2.24) is 18.7 Å². The Morgan fingerprint density at radius 1 is 1.14 bits per heavy atom. The molecule has 0 saturated carbocycles. The molecule has 0 aliphatic carbocycles. The number of para-hydroxylation sites is 1. The van der Waals surface area contributed by atoms with Crippen LogP contribution in [0.5, 0.6) is 11.5 Å². The molecule has 2 aromatic heterocycles. The van der Waals surface area contributed by atoms with E-state index in [9.17, 15) is 19.8 Å². The Morgan fingerprint density at radius 3 is 2.61 bits per heavy atom. The van der Waals surface area contributed by atoms with E-state index in [4.69, 9.17) is 4.74 Å². The summed E-state index contributed by atoms with van der Waals surface area (Å²) in [6.45, 7) is 3.56. The Kier molecular flexibility index (Phi) is 6.93. The average Bonchev–Trinajstić information content (AvgIpc) is 3.22. The molecule has 4 rings (SSSR count). The zero-order chi connectivity index (χ0) is 26.0. The molecule has 188 valence electrons. The Bertz CT molecular complexity index is 1570. The van der Waals surface area contributed by atoms with Crippen LogP contribution < -0.4 is 21.4 Å². The van der Waals surface area contributed by atoms with E-state index < -0.39 is 17.4 Å². The number of aliphatic hydroxyl groups excluding tert-OH is 1. The smallest absolute Gasteiger partial charge is 0.332 e. The molecule has 11 nitrogen and oxygen atoms in total. The van der Waals surface area contributed by atoms with Crippen molar-refractivity contribution in [3.63, 3.8) is 0 Å². The highest BCUT2D eigenvalue weighted by molar-refractivity contribution is 6.01. The van der Waals surface area contributed by atoms with E-state index in [1.807, 2.05) is 25.1 Å². The van der Waals surface area contributed by atoms with Crippen LogP contribution >= 0.6 is 0 Å². The molecule has 0 saturated heterocycles. The summed E-state index contributed by atoms with van der Waals surface area (Å²) in [4.78, 5) is 29.9. The first-order valence-corrected chi connectivity index (χ1v) is 11.3. The van der Waals surface area contributed by atoms with Crippen molar-refractivity contribution in [1.29, 1.82) is 0 Å². The zero-order valence-corrected chi connectivity index (χ0v) is 20.5. The molecule has 1 unspecified atom stereocenters. The fourth-order valence-electron chi connectivity index (χ4n) is 3.84. The molecule has 0 aliphatic heterocycles. The van der Waals surface area contributed by atoms with Crippen LogP contribution in [0.4, 0.5) is 5.95 Å². The minimum Gasteiger partial charge on any atom is -0.507 e. The number of imidazole rings is 1. The fourth-order valence-corrected chi connectivity index (χ4v) is 3.84. The second-order valence-corrected chi connectivity index (χ2v) is 8.53. The highest BCUT2D eigenvalue weighted by atomic mass is 16.5. The largest absolute Gasteiger partial charge is 0.507 e. The number of hydrazone groups is 1. The number of aryl methyl sites for hydroxylation is 2. The molecule has 4 aromatic rings. The summed E-state index contributed by atoms with van der Waals surface area (Å²) in [7, 11) is 2.89. The highest BCUT2D eigenvalue weighted by Crippen LogP contribution is 2.20. The lowest BCUT2D eigenvalue weighted by molar-refractivity contribution is 0.0938. The normalized spacial score (nSPS) is 12.6. The molecule has 2 heterocycles. The van der Waals surface area contributed by atoms with Crippen molar-refractivity contribution >= 4 is 22.8 Å². The van der Waals surface area contributed by atoms with E-state index in [-0.39, 0.29) is 36.0 Å². The SMILES string of the molecule is C/C(=N\Nc1nc2c(c(=O)n(C)c(=O)n2C)n1CC(O)COc1cccc(C)c1)c1ccccc1O. The molecule has 0 fully saturated rings. The summed E-state index contributed by atoms with van der Waals surface area (Å²) < 4.78 is 9.43. The number of aromatic nitrogens is 4. The fraction of sp³-hybridized carbons (Fsp3) is 0.280. The molecular weight excluding hydrogens is 464 g/mol. The molecule has 0 spiro atoms. The van der Waals surface area contributed by atoms with Gasteiger partial charge in [-0.25, -0.2) is 10.2 Å². The van der Waals surface area contributed by atoms with Crippen LogP contribution in [0.1, 0.15) is 18.1 Å². The van der Waals surface area contributed by atoms with Crippen molar-refractivity contribution in [2.75, 3.05) is 12.0 Å². The van der Waals surface area contributed by atoms with Crippen LogP contribution in [0, 0.1) is 6.92 Å². The van der Waals surface area contributed by atoms with Gasteiger partial charge in [0.1, 0.15) is 24.2 Å². The molecule has 0 radical (unpaired) electrons. The molecule has 36 heavy (non-hydrogen) atoms. The number of hydrogen-bond donors (Lipinski definition) is 3. The molecule has 3 N–H and O–H groups in total. The predicted molar refractivity (Wildman–Crippen MR) is 137 cm³/mol. The number of fused-ring (bicyclic) bond motifs is 1. The lowest BCUT2D eigenvalue weighted by atomic mass is 10.1. The summed E-state index contributed by atoms with van der Waals surface area (Å²) in [5.41, 5.74) is 4.03. The van der Waals surface area contributed by atoms with Gasteiger partial charge in [0.2, 0.25) is 5.95 Å². The van der Waals surface area contributed by atoms with Crippen LogP contribution in [0.25, 0.3) is 11.2 Å². The standard InChI is InChI=1S/C25H28N6O5/c1-15-8-7-9-18(12-15)36-14-17(32)13-31-21-22(29(3)25(35)30(4)23(21)34)26-24(31)28-27-16(2)19-10-5-6-11-20(19)33/h5-12,17,32-33H,13-14H2,1-4H3,(H,26,28)/b27-16+. The van der Waals surface area contributed by atoms with Crippen molar-refractivity contribution in [3.8, 4) is 11.5 Å². The van der Waals surface area contributed by atoms with E-state index in [1.165, 1.54) is 23.2 Å². The summed E-state index contributed by atoms with van der Waals surface area (Å²) >= 11 is 0. The van der Waals surface area contributed by atoms with Gasteiger partial charge in [-0.2, -0.15) is 10.1 Å². The first-order valence-electron chi connectivity index (χ1n) is 11.3. The highest BCUT2D eigenvalue weighted by Gasteiger charge is 2.21. The van der Waals surface area contributed by atoms with Crippen LogP contribution in [-0.2, 0) is 20.6 Å². The van der Waals surface area contributed by atoms with Crippen LogP contribution in [0.3, 0.4) is 0 Å². The lowest BCUT2D eigenvalue weighted by Gasteiger charge is -2.15. The average molecular weight is 493 g/mol. The molecule has 0 amide bonds. The van der Waals surface area contributed by atoms with E-state index in [0.717, 1.165) is 10.1 Å². The summed E-state index contributed by atoms with van der Waals surface area (Å²) in [6, 6.07) is 14.2. The number of phenolic OH excluding ortho intramolecular Hbond substituents is 1. The van der Waals surface area contributed by atoms with Crippen LogP contribution in [0.2, 0.25) is 0 Å². The lowest BCUT2D eigenvalue weighted by Crippen LogP contribution is -2.38. The van der Waals surface area contributed by atoms with Gasteiger partial charge in [0, 0.05) is 19.7 Å².